The van der Waals surface area contributed by atoms with Gasteiger partial charge in [-0.15, -0.1) is 0 Å². The van der Waals surface area contributed by atoms with Crippen LogP contribution in [-0.4, -0.2) is 18.0 Å². The predicted octanol–water partition coefficient (Wildman–Crippen LogP) is 3.45. The fraction of sp³-hybridized carbons (Fsp3) is 0.600. The van der Waals surface area contributed by atoms with Gasteiger partial charge in [-0.2, -0.15) is 0 Å². The number of nitrogens with two attached hydrogens (primary N) is 1. The number of anilines is 1. The summed E-state index contributed by atoms with van der Waals surface area (Å²) in [6.07, 6.45) is 3.89. The van der Waals surface area contributed by atoms with Gasteiger partial charge in [-0.1, -0.05) is 26.0 Å². The summed E-state index contributed by atoms with van der Waals surface area (Å²) in [5.74, 6) is 0.789. The van der Waals surface area contributed by atoms with Crippen LogP contribution < -0.4 is 5.73 Å². The highest BCUT2D eigenvalue weighted by Crippen LogP contribution is 2.32. The standard InChI is InChI=1S/C15H24N2/c1-12(2)8-10-17-9-4-7-15(17)13-5-3-6-14(16)11-13/h3,5-6,11-12,15H,4,7-10,16H2,1-2H3. The Morgan fingerprint density at radius 3 is 2.94 bits per heavy atom. The Morgan fingerprint density at radius 1 is 1.41 bits per heavy atom. The third-order valence-corrected chi connectivity index (χ3v) is 3.65. The molecule has 1 atom stereocenters. The topological polar surface area (TPSA) is 29.3 Å². The quantitative estimate of drug-likeness (QED) is 0.806. The van der Waals surface area contributed by atoms with E-state index in [0.29, 0.717) is 6.04 Å². The number of hydrogen-bond donors (Lipinski definition) is 1. The Balaban J connectivity index is 2.04. The van der Waals surface area contributed by atoms with Crippen molar-refractivity contribution in [1.29, 1.82) is 0 Å². The maximum absolute atomic E-state index is 5.88. The number of benzene rings is 1. The molecular formula is C15H24N2. The predicted molar refractivity (Wildman–Crippen MR) is 73.9 cm³/mol. The van der Waals surface area contributed by atoms with Crippen LogP contribution in [0.5, 0.6) is 0 Å². The summed E-state index contributed by atoms with van der Waals surface area (Å²) in [7, 11) is 0. The molecule has 2 rings (SSSR count). The van der Waals surface area contributed by atoms with Crippen molar-refractivity contribution in [2.24, 2.45) is 5.92 Å². The molecule has 1 aromatic carbocycles. The minimum absolute atomic E-state index is 0.595. The van der Waals surface area contributed by atoms with Gasteiger partial charge in [0.05, 0.1) is 0 Å². The molecule has 2 heteroatoms. The molecule has 0 amide bonds. The highest BCUT2D eigenvalue weighted by atomic mass is 15.2. The number of rotatable bonds is 4. The molecule has 1 fully saturated rings. The average Bonchev–Trinajstić information content (AvgIpc) is 2.74. The third kappa shape index (κ3) is 3.22. The van der Waals surface area contributed by atoms with Crippen molar-refractivity contribution in [1.82, 2.24) is 4.90 Å². The Labute approximate surface area is 105 Å². The maximum Gasteiger partial charge on any atom is 0.0349 e. The van der Waals surface area contributed by atoms with Gasteiger partial charge in [0, 0.05) is 11.7 Å². The monoisotopic (exact) mass is 232 g/mol. The van der Waals surface area contributed by atoms with Gasteiger partial charge in [-0.3, -0.25) is 4.90 Å². The van der Waals surface area contributed by atoms with E-state index in [1.807, 2.05) is 6.07 Å². The second-order valence-corrected chi connectivity index (χ2v) is 5.55. The van der Waals surface area contributed by atoms with Crippen molar-refractivity contribution < 1.29 is 0 Å². The van der Waals surface area contributed by atoms with Crippen LogP contribution in [-0.2, 0) is 0 Å². The van der Waals surface area contributed by atoms with Crippen molar-refractivity contribution in [3.05, 3.63) is 29.8 Å². The van der Waals surface area contributed by atoms with Crippen molar-refractivity contribution in [3.8, 4) is 0 Å². The van der Waals surface area contributed by atoms with Gasteiger partial charge in [0.15, 0.2) is 0 Å². The molecular weight excluding hydrogens is 208 g/mol. The molecule has 0 aliphatic carbocycles. The van der Waals surface area contributed by atoms with Gasteiger partial charge in [0.2, 0.25) is 0 Å². The van der Waals surface area contributed by atoms with Crippen LogP contribution in [0.3, 0.4) is 0 Å². The summed E-state index contributed by atoms with van der Waals surface area (Å²) in [6.45, 7) is 7.06. The van der Waals surface area contributed by atoms with E-state index < -0.39 is 0 Å². The van der Waals surface area contributed by atoms with Crippen molar-refractivity contribution >= 4 is 5.69 Å². The number of nitrogen functional groups attached to an aromatic ring is 1. The lowest BCUT2D eigenvalue weighted by Gasteiger charge is -2.25. The zero-order chi connectivity index (χ0) is 12.3. The van der Waals surface area contributed by atoms with Crippen LogP contribution in [0.4, 0.5) is 5.69 Å². The zero-order valence-electron chi connectivity index (χ0n) is 11.0. The summed E-state index contributed by atoms with van der Waals surface area (Å²) in [5.41, 5.74) is 8.16. The Kier molecular flexibility index (Phi) is 4.06. The fourth-order valence-corrected chi connectivity index (χ4v) is 2.66. The molecule has 1 aliphatic heterocycles. The van der Waals surface area contributed by atoms with E-state index in [-0.39, 0.29) is 0 Å². The SMILES string of the molecule is CC(C)CCN1CCCC1c1cccc(N)c1. The van der Waals surface area contributed by atoms with Crippen molar-refractivity contribution in [2.45, 2.75) is 39.2 Å². The van der Waals surface area contributed by atoms with Crippen molar-refractivity contribution in [3.63, 3.8) is 0 Å². The zero-order valence-corrected chi connectivity index (χ0v) is 11.0. The van der Waals surface area contributed by atoms with E-state index in [1.54, 1.807) is 0 Å². The number of hydrogen-bond acceptors (Lipinski definition) is 2. The second kappa shape index (κ2) is 5.54. The third-order valence-electron chi connectivity index (χ3n) is 3.65. The minimum Gasteiger partial charge on any atom is -0.399 e. The summed E-state index contributed by atoms with van der Waals surface area (Å²) < 4.78 is 0. The Morgan fingerprint density at radius 2 is 2.24 bits per heavy atom. The molecule has 1 saturated heterocycles. The van der Waals surface area contributed by atoms with Gasteiger partial charge in [0.25, 0.3) is 0 Å². The molecule has 1 aromatic rings. The molecule has 0 radical (unpaired) electrons. The molecule has 1 aliphatic rings. The summed E-state index contributed by atoms with van der Waals surface area (Å²) >= 11 is 0. The molecule has 94 valence electrons. The number of likely N-dealkylation sites (tertiary alicyclic amines) is 1. The lowest BCUT2D eigenvalue weighted by Crippen LogP contribution is -2.25. The Hall–Kier alpha value is -1.02. The van der Waals surface area contributed by atoms with Crippen molar-refractivity contribution in [2.75, 3.05) is 18.8 Å². The molecule has 0 saturated carbocycles. The largest absolute Gasteiger partial charge is 0.399 e. The van der Waals surface area contributed by atoms with E-state index in [9.17, 15) is 0 Å². The summed E-state index contributed by atoms with van der Waals surface area (Å²) in [6, 6.07) is 8.99. The number of nitrogens with zero attached hydrogens (tertiary/aromatic N) is 1. The lowest BCUT2D eigenvalue weighted by atomic mass is 10.0. The second-order valence-electron chi connectivity index (χ2n) is 5.55. The molecule has 1 heterocycles. The molecule has 1 unspecified atom stereocenters. The minimum atomic E-state index is 0.595. The van der Waals surface area contributed by atoms with E-state index in [1.165, 1.54) is 37.9 Å². The molecule has 2 nitrogen and oxygen atoms in total. The van der Waals surface area contributed by atoms with E-state index >= 15 is 0 Å². The molecule has 0 spiro atoms. The van der Waals surface area contributed by atoms with Crippen LogP contribution in [0.25, 0.3) is 0 Å². The molecule has 0 bridgehead atoms. The van der Waals surface area contributed by atoms with Gasteiger partial charge >= 0.3 is 0 Å². The molecule has 2 N–H and O–H groups in total. The van der Waals surface area contributed by atoms with Gasteiger partial charge in [-0.25, -0.2) is 0 Å². The Bertz CT molecular complexity index is 360. The smallest absolute Gasteiger partial charge is 0.0349 e. The van der Waals surface area contributed by atoms with Gasteiger partial charge in [-0.05, 0) is 56.0 Å². The summed E-state index contributed by atoms with van der Waals surface area (Å²) in [4.78, 5) is 2.62. The van der Waals surface area contributed by atoms with E-state index in [2.05, 4.69) is 36.9 Å². The van der Waals surface area contributed by atoms with Gasteiger partial charge in [0.1, 0.15) is 0 Å². The normalized spacial score (nSPS) is 21.2. The highest BCUT2D eigenvalue weighted by molar-refractivity contribution is 5.41. The molecule has 17 heavy (non-hydrogen) atoms. The van der Waals surface area contributed by atoms with E-state index in [0.717, 1.165) is 11.6 Å². The highest BCUT2D eigenvalue weighted by Gasteiger charge is 2.25. The summed E-state index contributed by atoms with van der Waals surface area (Å²) in [5, 5.41) is 0. The van der Waals surface area contributed by atoms with E-state index in [4.69, 9.17) is 5.73 Å². The van der Waals surface area contributed by atoms with Crippen LogP contribution >= 0.6 is 0 Å². The van der Waals surface area contributed by atoms with Crippen LogP contribution in [0, 0.1) is 5.92 Å². The first-order valence-electron chi connectivity index (χ1n) is 6.76. The molecule has 0 aromatic heterocycles. The first-order valence-corrected chi connectivity index (χ1v) is 6.76. The maximum atomic E-state index is 5.88. The van der Waals surface area contributed by atoms with Crippen LogP contribution in [0.1, 0.15) is 44.7 Å². The average molecular weight is 232 g/mol. The van der Waals surface area contributed by atoms with Crippen LogP contribution in [0.2, 0.25) is 0 Å². The first-order chi connectivity index (χ1) is 8.16. The fourth-order valence-electron chi connectivity index (χ4n) is 2.66. The van der Waals surface area contributed by atoms with Crippen LogP contribution in [0.15, 0.2) is 24.3 Å². The lowest BCUT2D eigenvalue weighted by molar-refractivity contribution is 0.242. The van der Waals surface area contributed by atoms with Gasteiger partial charge < -0.3 is 5.73 Å². The first kappa shape index (κ1) is 12.4.